The molecule has 3 N–H and O–H groups in total. The van der Waals surface area contributed by atoms with Crippen molar-refractivity contribution in [1.82, 2.24) is 25.2 Å². The number of aromatic nitrogens is 3. The van der Waals surface area contributed by atoms with Gasteiger partial charge in [-0.25, -0.2) is 0 Å². The predicted octanol–water partition coefficient (Wildman–Crippen LogP) is 0.486. The molecule has 0 saturated heterocycles. The summed E-state index contributed by atoms with van der Waals surface area (Å²) < 4.78 is 1.76. The largest absolute Gasteiger partial charge is 0.349 e. The molecule has 0 saturated carbocycles. The molecule has 27 heavy (non-hydrogen) atoms. The van der Waals surface area contributed by atoms with Gasteiger partial charge in [0.1, 0.15) is 6.04 Å². The molecule has 0 fully saturated rings. The second-order valence-corrected chi connectivity index (χ2v) is 6.09. The van der Waals surface area contributed by atoms with E-state index < -0.39 is 17.9 Å². The lowest BCUT2D eigenvalue weighted by molar-refractivity contribution is -0.125. The van der Waals surface area contributed by atoms with E-state index in [0.717, 1.165) is 0 Å². The van der Waals surface area contributed by atoms with Gasteiger partial charge in [-0.1, -0.05) is 18.2 Å². The molecule has 0 radical (unpaired) electrons. The van der Waals surface area contributed by atoms with Gasteiger partial charge in [0, 0.05) is 6.20 Å². The third-order valence-corrected chi connectivity index (χ3v) is 4.27. The summed E-state index contributed by atoms with van der Waals surface area (Å²) in [7, 11) is 0. The Morgan fingerprint density at radius 1 is 1.11 bits per heavy atom. The maximum absolute atomic E-state index is 12.3. The average Bonchev–Trinajstić information content (AvgIpc) is 3.04. The summed E-state index contributed by atoms with van der Waals surface area (Å²) in [4.78, 5) is 36.9. The first-order chi connectivity index (χ1) is 13.1. The van der Waals surface area contributed by atoms with E-state index >= 15 is 0 Å². The molecule has 2 aromatic heterocycles. The molecule has 3 amide bonds. The molecule has 1 aliphatic rings. The second-order valence-electron chi connectivity index (χ2n) is 6.09. The Bertz CT molecular complexity index is 1040. The minimum Gasteiger partial charge on any atom is -0.349 e. The minimum absolute atomic E-state index is 0.159. The van der Waals surface area contributed by atoms with Gasteiger partial charge in [-0.15, -0.1) is 10.2 Å². The number of para-hydroxylation sites is 1. The van der Waals surface area contributed by atoms with Crippen molar-refractivity contribution in [3.05, 3.63) is 60.0 Å². The molecule has 9 heteroatoms. The zero-order valence-electron chi connectivity index (χ0n) is 14.2. The lowest BCUT2D eigenvalue weighted by atomic mass is 10.1. The molecular weight excluding hydrogens is 348 g/mol. The van der Waals surface area contributed by atoms with Crippen LogP contribution < -0.4 is 16.0 Å². The van der Waals surface area contributed by atoms with Crippen LogP contribution in [0.2, 0.25) is 0 Å². The first kappa shape index (κ1) is 16.7. The van der Waals surface area contributed by atoms with E-state index in [1.807, 2.05) is 12.1 Å². The van der Waals surface area contributed by atoms with Gasteiger partial charge in [0.2, 0.25) is 11.8 Å². The van der Waals surface area contributed by atoms with E-state index in [4.69, 9.17) is 0 Å². The normalized spacial score (nSPS) is 16.2. The van der Waals surface area contributed by atoms with Gasteiger partial charge in [-0.05, 0) is 24.3 Å². The lowest BCUT2D eigenvalue weighted by Gasteiger charge is -2.14. The van der Waals surface area contributed by atoms with Crippen LogP contribution in [0.3, 0.4) is 0 Å². The van der Waals surface area contributed by atoms with Crippen LogP contribution in [0, 0.1) is 0 Å². The number of carbonyl (C=O) groups is 3. The number of nitrogens with one attached hydrogen (secondary N) is 3. The van der Waals surface area contributed by atoms with Gasteiger partial charge >= 0.3 is 0 Å². The molecular formula is C18H16N6O3. The number of rotatable bonds is 4. The monoisotopic (exact) mass is 364 g/mol. The number of hydrogen-bond acceptors (Lipinski definition) is 5. The smallest absolute Gasteiger partial charge is 0.254 e. The van der Waals surface area contributed by atoms with Crippen molar-refractivity contribution < 1.29 is 14.4 Å². The zero-order valence-corrected chi connectivity index (χ0v) is 14.2. The fourth-order valence-corrected chi connectivity index (χ4v) is 2.90. The molecule has 9 nitrogen and oxygen atoms in total. The van der Waals surface area contributed by atoms with Crippen LogP contribution in [0.25, 0.3) is 5.65 Å². The second kappa shape index (κ2) is 6.87. The Labute approximate surface area is 153 Å². The zero-order chi connectivity index (χ0) is 18.8. The van der Waals surface area contributed by atoms with Crippen molar-refractivity contribution >= 4 is 29.1 Å². The summed E-state index contributed by atoms with van der Waals surface area (Å²) in [6, 6.07) is 11.2. The molecule has 1 aromatic carbocycles. The van der Waals surface area contributed by atoms with Crippen LogP contribution in [0.4, 0.5) is 5.69 Å². The molecule has 3 aromatic rings. The van der Waals surface area contributed by atoms with Crippen LogP contribution in [0.1, 0.15) is 22.6 Å². The van der Waals surface area contributed by atoms with Gasteiger partial charge in [-0.3, -0.25) is 18.8 Å². The molecule has 0 spiro atoms. The number of nitrogens with zero attached hydrogens (tertiary/aromatic N) is 3. The van der Waals surface area contributed by atoms with Crippen LogP contribution in [-0.2, 0) is 16.1 Å². The Morgan fingerprint density at radius 3 is 2.81 bits per heavy atom. The van der Waals surface area contributed by atoms with Gasteiger partial charge in [-0.2, -0.15) is 0 Å². The van der Waals surface area contributed by atoms with Crippen molar-refractivity contribution in [2.45, 2.75) is 19.0 Å². The number of anilines is 1. The van der Waals surface area contributed by atoms with E-state index in [1.165, 1.54) is 0 Å². The van der Waals surface area contributed by atoms with Crippen LogP contribution in [0.15, 0.2) is 48.7 Å². The highest BCUT2D eigenvalue weighted by Gasteiger charge is 2.29. The standard InChI is InChI=1S/C18H16N6O3/c25-16(19-10-15-23-22-14-7-3-4-8-24(14)15)9-13-18(27)20-12-6-2-1-5-11(12)17(26)21-13/h1-8,13H,9-10H2,(H,19,25)(H,20,27)(H,21,26)/t13-/m1/s1. The SMILES string of the molecule is O=C(C[C@H]1NC(=O)c2ccccc2NC1=O)NCc1nnc2ccccn12. The number of fused-ring (bicyclic) bond motifs is 2. The fraction of sp³-hybridized carbons (Fsp3) is 0.167. The third-order valence-electron chi connectivity index (χ3n) is 4.27. The van der Waals surface area contributed by atoms with Crippen molar-refractivity contribution in [2.24, 2.45) is 0 Å². The maximum atomic E-state index is 12.3. The lowest BCUT2D eigenvalue weighted by Crippen LogP contribution is -2.44. The molecule has 0 bridgehead atoms. The summed E-state index contributed by atoms with van der Waals surface area (Å²) in [5.74, 6) is -0.642. The van der Waals surface area contributed by atoms with Crippen LogP contribution >= 0.6 is 0 Å². The van der Waals surface area contributed by atoms with E-state index in [9.17, 15) is 14.4 Å². The van der Waals surface area contributed by atoms with Gasteiger partial charge in [0.25, 0.3) is 5.91 Å². The number of amides is 3. The quantitative estimate of drug-likeness (QED) is 0.623. The van der Waals surface area contributed by atoms with Crippen LogP contribution in [0.5, 0.6) is 0 Å². The fourth-order valence-electron chi connectivity index (χ4n) is 2.90. The Hall–Kier alpha value is -3.75. The minimum atomic E-state index is -0.958. The topological polar surface area (TPSA) is 117 Å². The first-order valence-electron chi connectivity index (χ1n) is 8.38. The molecule has 3 heterocycles. The first-order valence-corrected chi connectivity index (χ1v) is 8.38. The van der Waals surface area contributed by atoms with Gasteiger partial charge < -0.3 is 16.0 Å². The van der Waals surface area contributed by atoms with Gasteiger partial charge in [0.15, 0.2) is 11.5 Å². The van der Waals surface area contributed by atoms with E-state index in [1.54, 1.807) is 40.9 Å². The van der Waals surface area contributed by atoms with E-state index in [0.29, 0.717) is 22.7 Å². The predicted molar refractivity (Wildman–Crippen MR) is 95.8 cm³/mol. The van der Waals surface area contributed by atoms with Crippen molar-refractivity contribution in [1.29, 1.82) is 0 Å². The van der Waals surface area contributed by atoms with E-state index in [2.05, 4.69) is 26.1 Å². The highest BCUT2D eigenvalue weighted by molar-refractivity contribution is 6.10. The molecule has 1 aliphatic heterocycles. The highest BCUT2D eigenvalue weighted by atomic mass is 16.2. The van der Waals surface area contributed by atoms with Crippen molar-refractivity contribution in [3.8, 4) is 0 Å². The maximum Gasteiger partial charge on any atom is 0.254 e. The molecule has 4 rings (SSSR count). The number of carbonyl (C=O) groups excluding carboxylic acids is 3. The molecule has 0 aliphatic carbocycles. The number of benzene rings is 1. The number of hydrogen-bond donors (Lipinski definition) is 3. The molecule has 1 atom stereocenters. The Balaban J connectivity index is 1.41. The Kier molecular flexibility index (Phi) is 4.25. The Morgan fingerprint density at radius 2 is 1.93 bits per heavy atom. The van der Waals surface area contributed by atoms with E-state index in [-0.39, 0.29) is 18.9 Å². The van der Waals surface area contributed by atoms with Gasteiger partial charge in [0.05, 0.1) is 24.2 Å². The molecule has 0 unspecified atom stereocenters. The summed E-state index contributed by atoms with van der Waals surface area (Å²) >= 11 is 0. The summed E-state index contributed by atoms with van der Waals surface area (Å²) in [6.45, 7) is 0.159. The summed E-state index contributed by atoms with van der Waals surface area (Å²) in [6.07, 6.45) is 1.62. The summed E-state index contributed by atoms with van der Waals surface area (Å²) in [5, 5.41) is 16.0. The van der Waals surface area contributed by atoms with Crippen molar-refractivity contribution in [2.75, 3.05) is 5.32 Å². The number of pyridine rings is 1. The third kappa shape index (κ3) is 3.34. The van der Waals surface area contributed by atoms with Crippen LogP contribution in [-0.4, -0.2) is 38.4 Å². The summed E-state index contributed by atoms with van der Waals surface area (Å²) in [5.41, 5.74) is 1.47. The molecule has 136 valence electrons. The highest BCUT2D eigenvalue weighted by Crippen LogP contribution is 2.18. The van der Waals surface area contributed by atoms with Crippen molar-refractivity contribution in [3.63, 3.8) is 0 Å². The average molecular weight is 364 g/mol.